The zero-order chi connectivity index (χ0) is 21.6. The zero-order valence-corrected chi connectivity index (χ0v) is 17.4. The number of sulfonamides is 1. The molecule has 0 aliphatic carbocycles. The van der Waals surface area contributed by atoms with Crippen molar-refractivity contribution in [1.82, 2.24) is 5.32 Å². The molecular weight excluding hydrogens is 394 g/mol. The molecule has 0 heterocycles. The summed E-state index contributed by atoms with van der Waals surface area (Å²) in [5, 5.41) is 13.9. The number of nitro groups is 1. The van der Waals surface area contributed by atoms with Gasteiger partial charge in [0.25, 0.3) is 5.69 Å². The van der Waals surface area contributed by atoms with Crippen molar-refractivity contribution in [1.29, 1.82) is 0 Å². The van der Waals surface area contributed by atoms with E-state index in [-0.39, 0.29) is 17.4 Å². The minimum atomic E-state index is -3.85. The Morgan fingerprint density at radius 3 is 2.38 bits per heavy atom. The van der Waals surface area contributed by atoms with Crippen molar-refractivity contribution >= 4 is 27.3 Å². The SMILES string of the molecule is C[C@H](CCc1ccccc1)NC(=O)[C@@H](C)N(c1cccc([N+](=O)[O-])c1)S(C)(=O)=O. The zero-order valence-electron chi connectivity index (χ0n) is 16.6. The van der Waals surface area contributed by atoms with Crippen LogP contribution in [0.1, 0.15) is 25.8 Å². The van der Waals surface area contributed by atoms with Crippen LogP contribution in [-0.4, -0.2) is 37.6 Å². The normalized spacial score (nSPS) is 13.3. The van der Waals surface area contributed by atoms with E-state index in [9.17, 15) is 23.3 Å². The molecule has 2 rings (SSSR count). The van der Waals surface area contributed by atoms with Gasteiger partial charge in [-0.2, -0.15) is 0 Å². The molecule has 2 aromatic carbocycles. The third-order valence-corrected chi connectivity index (χ3v) is 5.72. The van der Waals surface area contributed by atoms with Crippen LogP contribution in [-0.2, 0) is 21.2 Å². The van der Waals surface area contributed by atoms with Gasteiger partial charge in [0, 0.05) is 18.2 Å². The molecule has 0 unspecified atom stereocenters. The van der Waals surface area contributed by atoms with Gasteiger partial charge in [-0.1, -0.05) is 36.4 Å². The largest absolute Gasteiger partial charge is 0.352 e. The van der Waals surface area contributed by atoms with Gasteiger partial charge in [-0.15, -0.1) is 0 Å². The second-order valence-electron chi connectivity index (χ2n) is 6.95. The first kappa shape index (κ1) is 22.4. The number of carbonyl (C=O) groups excluding carboxylic acids is 1. The van der Waals surface area contributed by atoms with E-state index in [0.29, 0.717) is 6.42 Å². The highest BCUT2D eigenvalue weighted by molar-refractivity contribution is 7.92. The van der Waals surface area contributed by atoms with Crippen LogP contribution in [0.3, 0.4) is 0 Å². The standard InChI is InChI=1S/C20H25N3O5S/c1-15(12-13-17-8-5-4-6-9-17)21-20(24)16(2)22(29(3,27)28)18-10-7-11-19(14-18)23(25)26/h4-11,14-16H,12-13H2,1-3H3,(H,21,24)/t15-,16-/m1/s1. The van der Waals surface area contributed by atoms with E-state index in [1.807, 2.05) is 37.3 Å². The molecule has 1 N–H and O–H groups in total. The van der Waals surface area contributed by atoms with E-state index >= 15 is 0 Å². The first-order valence-electron chi connectivity index (χ1n) is 9.17. The summed E-state index contributed by atoms with van der Waals surface area (Å²) in [4.78, 5) is 23.1. The van der Waals surface area contributed by atoms with Crippen LogP contribution in [0.4, 0.5) is 11.4 Å². The Bertz CT molecular complexity index is 963. The second-order valence-corrected chi connectivity index (χ2v) is 8.81. The lowest BCUT2D eigenvalue weighted by molar-refractivity contribution is -0.384. The predicted octanol–water partition coefficient (Wildman–Crippen LogP) is 2.89. The molecule has 1 amide bonds. The van der Waals surface area contributed by atoms with Crippen molar-refractivity contribution in [2.45, 2.75) is 38.8 Å². The van der Waals surface area contributed by atoms with Gasteiger partial charge in [-0.3, -0.25) is 19.2 Å². The molecule has 0 saturated heterocycles. The molecular formula is C20H25N3O5S. The fraction of sp³-hybridized carbons (Fsp3) is 0.350. The maximum absolute atomic E-state index is 12.7. The van der Waals surface area contributed by atoms with E-state index in [1.165, 1.54) is 25.1 Å². The van der Waals surface area contributed by atoms with E-state index in [1.54, 1.807) is 0 Å². The third kappa shape index (κ3) is 6.28. The van der Waals surface area contributed by atoms with Gasteiger partial charge in [-0.25, -0.2) is 8.42 Å². The van der Waals surface area contributed by atoms with Crippen LogP contribution in [0.2, 0.25) is 0 Å². The van der Waals surface area contributed by atoms with Gasteiger partial charge < -0.3 is 5.32 Å². The van der Waals surface area contributed by atoms with Gasteiger partial charge in [0.1, 0.15) is 6.04 Å². The Balaban J connectivity index is 2.12. The van der Waals surface area contributed by atoms with Crippen molar-refractivity contribution in [3.05, 3.63) is 70.3 Å². The lowest BCUT2D eigenvalue weighted by atomic mass is 10.1. The minimum Gasteiger partial charge on any atom is -0.352 e. The quantitative estimate of drug-likeness (QED) is 0.496. The number of anilines is 1. The lowest BCUT2D eigenvalue weighted by Crippen LogP contribution is -2.50. The molecule has 0 aromatic heterocycles. The molecule has 0 fully saturated rings. The van der Waals surface area contributed by atoms with Gasteiger partial charge >= 0.3 is 0 Å². The molecule has 9 heteroatoms. The maximum atomic E-state index is 12.7. The van der Waals surface area contributed by atoms with Crippen molar-refractivity contribution in [2.75, 3.05) is 10.6 Å². The Labute approximate surface area is 170 Å². The number of hydrogen-bond donors (Lipinski definition) is 1. The molecule has 0 saturated carbocycles. The molecule has 156 valence electrons. The predicted molar refractivity (Wildman–Crippen MR) is 112 cm³/mol. The molecule has 2 aromatic rings. The Morgan fingerprint density at radius 2 is 1.79 bits per heavy atom. The number of hydrogen-bond acceptors (Lipinski definition) is 5. The summed E-state index contributed by atoms with van der Waals surface area (Å²) >= 11 is 0. The van der Waals surface area contributed by atoms with E-state index in [4.69, 9.17) is 0 Å². The average molecular weight is 420 g/mol. The first-order valence-corrected chi connectivity index (χ1v) is 11.0. The number of nitrogens with one attached hydrogen (secondary N) is 1. The summed E-state index contributed by atoms with van der Waals surface area (Å²) in [6, 6.07) is 13.8. The Morgan fingerprint density at radius 1 is 1.14 bits per heavy atom. The van der Waals surface area contributed by atoms with Crippen molar-refractivity contribution < 1.29 is 18.1 Å². The van der Waals surface area contributed by atoms with Gasteiger partial charge in [0.2, 0.25) is 15.9 Å². The Hall–Kier alpha value is -2.94. The number of rotatable bonds is 9. The number of benzene rings is 2. The third-order valence-electron chi connectivity index (χ3n) is 4.48. The summed E-state index contributed by atoms with van der Waals surface area (Å²) < 4.78 is 25.6. The molecule has 8 nitrogen and oxygen atoms in total. The number of carbonyl (C=O) groups is 1. The van der Waals surface area contributed by atoms with Crippen LogP contribution < -0.4 is 9.62 Å². The number of amides is 1. The molecule has 0 spiro atoms. The number of aryl methyl sites for hydroxylation is 1. The molecule has 0 aliphatic heterocycles. The number of nitro benzene ring substituents is 1. The van der Waals surface area contributed by atoms with Gasteiger partial charge in [0.05, 0.1) is 16.9 Å². The monoisotopic (exact) mass is 419 g/mol. The lowest BCUT2D eigenvalue weighted by Gasteiger charge is -2.29. The first-order chi connectivity index (χ1) is 13.6. The van der Waals surface area contributed by atoms with Crippen LogP contribution >= 0.6 is 0 Å². The van der Waals surface area contributed by atoms with Crippen LogP contribution in [0.5, 0.6) is 0 Å². The van der Waals surface area contributed by atoms with E-state index < -0.39 is 26.9 Å². The molecule has 0 bridgehead atoms. The average Bonchev–Trinajstić information content (AvgIpc) is 2.66. The van der Waals surface area contributed by atoms with Crippen LogP contribution in [0.15, 0.2) is 54.6 Å². The van der Waals surface area contributed by atoms with E-state index in [0.717, 1.165) is 28.6 Å². The summed E-state index contributed by atoms with van der Waals surface area (Å²) in [5.41, 5.74) is 0.970. The van der Waals surface area contributed by atoms with Crippen LogP contribution in [0.25, 0.3) is 0 Å². The molecule has 0 radical (unpaired) electrons. The highest BCUT2D eigenvalue weighted by Crippen LogP contribution is 2.25. The van der Waals surface area contributed by atoms with Crippen LogP contribution in [0, 0.1) is 10.1 Å². The van der Waals surface area contributed by atoms with Gasteiger partial charge in [0.15, 0.2) is 0 Å². The van der Waals surface area contributed by atoms with Crippen molar-refractivity contribution in [3.8, 4) is 0 Å². The number of non-ortho nitro benzene ring substituents is 1. The molecule has 2 atom stereocenters. The highest BCUT2D eigenvalue weighted by Gasteiger charge is 2.30. The molecule has 0 aliphatic rings. The Kier molecular flexibility index (Phi) is 7.33. The van der Waals surface area contributed by atoms with Crippen molar-refractivity contribution in [3.63, 3.8) is 0 Å². The topological polar surface area (TPSA) is 110 Å². The smallest absolute Gasteiger partial charge is 0.271 e. The number of nitrogens with zero attached hydrogens (tertiary/aromatic N) is 2. The summed E-state index contributed by atoms with van der Waals surface area (Å²) in [6.45, 7) is 3.31. The summed E-state index contributed by atoms with van der Waals surface area (Å²) in [7, 11) is -3.85. The van der Waals surface area contributed by atoms with E-state index in [2.05, 4.69) is 5.32 Å². The fourth-order valence-electron chi connectivity index (χ4n) is 3.02. The summed E-state index contributed by atoms with van der Waals surface area (Å²) in [5.74, 6) is -0.470. The van der Waals surface area contributed by atoms with Crippen molar-refractivity contribution in [2.24, 2.45) is 0 Å². The fourth-order valence-corrected chi connectivity index (χ4v) is 4.18. The minimum absolute atomic E-state index is 0.0706. The van der Waals surface area contributed by atoms with Gasteiger partial charge in [-0.05, 0) is 38.3 Å². The summed E-state index contributed by atoms with van der Waals surface area (Å²) in [6.07, 6.45) is 2.43. The highest BCUT2D eigenvalue weighted by atomic mass is 32.2. The molecule has 29 heavy (non-hydrogen) atoms. The maximum Gasteiger partial charge on any atom is 0.271 e. The second kappa shape index (κ2) is 9.51.